The summed E-state index contributed by atoms with van der Waals surface area (Å²) in [5.74, 6) is 2.32. The van der Waals surface area contributed by atoms with Crippen molar-refractivity contribution in [1.29, 1.82) is 0 Å². The van der Waals surface area contributed by atoms with Gasteiger partial charge in [-0.05, 0) is 29.9 Å². The lowest BCUT2D eigenvalue weighted by molar-refractivity contribution is 0.204. The van der Waals surface area contributed by atoms with Crippen LogP contribution in [-0.2, 0) is 0 Å². The molecule has 0 aromatic heterocycles. The number of aliphatic hydroxyl groups is 1. The first-order valence-electron chi connectivity index (χ1n) is 5.21. The van der Waals surface area contributed by atoms with Crippen LogP contribution in [0.2, 0.25) is 10.0 Å². The van der Waals surface area contributed by atoms with Crippen LogP contribution in [0.15, 0.2) is 18.2 Å². The van der Waals surface area contributed by atoms with Crippen molar-refractivity contribution in [2.45, 2.75) is 20.0 Å². The molecule has 0 radical (unpaired) electrons. The SMILES string of the molecule is CC(C)CSCC(O)c1cc(Cl)ccc1Cl. The standard InChI is InChI=1S/C12H16Cl2OS/c1-8(2)6-16-7-12(15)10-5-9(13)3-4-11(10)14/h3-5,8,12,15H,6-7H2,1-2H3. The minimum atomic E-state index is -0.546. The van der Waals surface area contributed by atoms with Crippen molar-refractivity contribution in [3.63, 3.8) is 0 Å². The first-order valence-corrected chi connectivity index (χ1v) is 7.12. The fourth-order valence-corrected chi connectivity index (χ4v) is 2.71. The normalized spacial score (nSPS) is 13.1. The van der Waals surface area contributed by atoms with Crippen LogP contribution in [0.1, 0.15) is 25.5 Å². The Kier molecular flexibility index (Phi) is 5.98. The van der Waals surface area contributed by atoms with Gasteiger partial charge in [0.05, 0.1) is 6.10 Å². The predicted octanol–water partition coefficient (Wildman–Crippen LogP) is 4.42. The van der Waals surface area contributed by atoms with Crippen LogP contribution in [0, 0.1) is 5.92 Å². The molecular weight excluding hydrogens is 263 g/mol. The first-order chi connectivity index (χ1) is 7.50. The summed E-state index contributed by atoms with van der Waals surface area (Å²) in [5.41, 5.74) is 0.713. The molecule has 0 saturated carbocycles. The van der Waals surface area contributed by atoms with Gasteiger partial charge in [-0.15, -0.1) is 0 Å². The van der Waals surface area contributed by atoms with E-state index in [9.17, 15) is 5.11 Å². The van der Waals surface area contributed by atoms with Gasteiger partial charge in [0, 0.05) is 21.4 Å². The summed E-state index contributed by atoms with van der Waals surface area (Å²) >= 11 is 13.6. The molecule has 16 heavy (non-hydrogen) atoms. The lowest BCUT2D eigenvalue weighted by atomic mass is 10.1. The molecule has 0 saturated heterocycles. The molecule has 0 amide bonds. The molecule has 1 aromatic rings. The van der Waals surface area contributed by atoms with E-state index in [0.29, 0.717) is 27.3 Å². The summed E-state index contributed by atoms with van der Waals surface area (Å²) in [5, 5.41) is 11.2. The average Bonchev–Trinajstić information content (AvgIpc) is 2.21. The van der Waals surface area contributed by atoms with E-state index in [0.717, 1.165) is 5.75 Å². The maximum Gasteiger partial charge on any atom is 0.0895 e. The second-order valence-electron chi connectivity index (χ2n) is 4.11. The average molecular weight is 279 g/mol. The predicted molar refractivity (Wildman–Crippen MR) is 73.6 cm³/mol. The van der Waals surface area contributed by atoms with Gasteiger partial charge in [0.2, 0.25) is 0 Å². The Labute approximate surface area is 111 Å². The topological polar surface area (TPSA) is 20.2 Å². The number of benzene rings is 1. The maximum atomic E-state index is 9.97. The Bertz CT molecular complexity index is 342. The molecule has 1 unspecified atom stereocenters. The molecule has 0 heterocycles. The highest BCUT2D eigenvalue weighted by Gasteiger charge is 2.12. The molecule has 0 fully saturated rings. The molecule has 1 N–H and O–H groups in total. The third kappa shape index (κ3) is 4.54. The minimum absolute atomic E-state index is 0.546. The number of halogens is 2. The van der Waals surface area contributed by atoms with E-state index in [1.807, 2.05) is 0 Å². The van der Waals surface area contributed by atoms with Crippen molar-refractivity contribution < 1.29 is 5.11 Å². The van der Waals surface area contributed by atoms with Gasteiger partial charge in [0.1, 0.15) is 0 Å². The monoisotopic (exact) mass is 278 g/mol. The van der Waals surface area contributed by atoms with Crippen LogP contribution in [0.4, 0.5) is 0 Å². The molecule has 90 valence electrons. The largest absolute Gasteiger partial charge is 0.387 e. The van der Waals surface area contributed by atoms with Gasteiger partial charge in [0.25, 0.3) is 0 Å². The van der Waals surface area contributed by atoms with Crippen molar-refractivity contribution in [3.05, 3.63) is 33.8 Å². The highest BCUT2D eigenvalue weighted by atomic mass is 35.5. The third-order valence-electron chi connectivity index (χ3n) is 2.04. The Balaban J connectivity index is 2.58. The van der Waals surface area contributed by atoms with Gasteiger partial charge >= 0.3 is 0 Å². The summed E-state index contributed by atoms with van der Waals surface area (Å²) in [4.78, 5) is 0. The Morgan fingerprint density at radius 3 is 2.56 bits per heavy atom. The Morgan fingerprint density at radius 1 is 1.25 bits per heavy atom. The number of hydrogen-bond acceptors (Lipinski definition) is 2. The Morgan fingerprint density at radius 2 is 1.94 bits per heavy atom. The zero-order chi connectivity index (χ0) is 12.1. The molecule has 0 aliphatic heterocycles. The third-order valence-corrected chi connectivity index (χ3v) is 4.08. The van der Waals surface area contributed by atoms with Gasteiger partial charge in [-0.25, -0.2) is 0 Å². The zero-order valence-corrected chi connectivity index (χ0v) is 11.7. The molecule has 0 bridgehead atoms. The first kappa shape index (κ1) is 14.2. The molecule has 4 heteroatoms. The number of hydrogen-bond donors (Lipinski definition) is 1. The van der Waals surface area contributed by atoms with Crippen LogP contribution >= 0.6 is 35.0 Å². The van der Waals surface area contributed by atoms with E-state index in [1.54, 1.807) is 30.0 Å². The van der Waals surface area contributed by atoms with E-state index in [-0.39, 0.29) is 0 Å². The van der Waals surface area contributed by atoms with Crippen molar-refractivity contribution in [1.82, 2.24) is 0 Å². The van der Waals surface area contributed by atoms with E-state index < -0.39 is 6.10 Å². The second-order valence-corrected chi connectivity index (χ2v) is 6.03. The van der Waals surface area contributed by atoms with Crippen molar-refractivity contribution in [2.75, 3.05) is 11.5 Å². The molecular formula is C12H16Cl2OS. The Hall–Kier alpha value is 0.110. The van der Waals surface area contributed by atoms with Gasteiger partial charge in [-0.2, -0.15) is 11.8 Å². The van der Waals surface area contributed by atoms with Crippen LogP contribution in [0.5, 0.6) is 0 Å². The van der Waals surface area contributed by atoms with E-state index in [2.05, 4.69) is 13.8 Å². The summed E-state index contributed by atoms with van der Waals surface area (Å²) in [6.07, 6.45) is -0.546. The van der Waals surface area contributed by atoms with Crippen LogP contribution in [0.25, 0.3) is 0 Å². The van der Waals surface area contributed by atoms with Gasteiger partial charge < -0.3 is 5.11 Å². The smallest absolute Gasteiger partial charge is 0.0895 e. The summed E-state index contributed by atoms with van der Waals surface area (Å²) in [6, 6.07) is 5.17. The summed E-state index contributed by atoms with van der Waals surface area (Å²) in [7, 11) is 0. The quantitative estimate of drug-likeness (QED) is 0.861. The van der Waals surface area contributed by atoms with Crippen molar-refractivity contribution >= 4 is 35.0 Å². The van der Waals surface area contributed by atoms with Gasteiger partial charge in [-0.3, -0.25) is 0 Å². The van der Waals surface area contributed by atoms with Crippen molar-refractivity contribution in [2.24, 2.45) is 5.92 Å². The minimum Gasteiger partial charge on any atom is -0.387 e. The van der Waals surface area contributed by atoms with Gasteiger partial charge in [0.15, 0.2) is 0 Å². The van der Waals surface area contributed by atoms with Crippen LogP contribution in [-0.4, -0.2) is 16.6 Å². The maximum absolute atomic E-state index is 9.97. The fourth-order valence-electron chi connectivity index (χ4n) is 1.28. The lowest BCUT2D eigenvalue weighted by Gasteiger charge is -2.13. The highest BCUT2D eigenvalue weighted by molar-refractivity contribution is 7.99. The lowest BCUT2D eigenvalue weighted by Crippen LogP contribution is -2.03. The number of rotatable bonds is 5. The highest BCUT2D eigenvalue weighted by Crippen LogP contribution is 2.28. The second kappa shape index (κ2) is 6.75. The molecule has 1 atom stereocenters. The molecule has 1 aromatic carbocycles. The van der Waals surface area contributed by atoms with E-state index in [4.69, 9.17) is 23.2 Å². The zero-order valence-electron chi connectivity index (χ0n) is 9.41. The van der Waals surface area contributed by atoms with Gasteiger partial charge in [-0.1, -0.05) is 37.0 Å². The molecule has 0 aliphatic carbocycles. The van der Waals surface area contributed by atoms with Crippen molar-refractivity contribution in [3.8, 4) is 0 Å². The summed E-state index contributed by atoms with van der Waals surface area (Å²) in [6.45, 7) is 4.32. The molecule has 1 nitrogen and oxygen atoms in total. The van der Waals surface area contributed by atoms with E-state index >= 15 is 0 Å². The summed E-state index contributed by atoms with van der Waals surface area (Å²) < 4.78 is 0. The molecule has 0 aliphatic rings. The van der Waals surface area contributed by atoms with E-state index in [1.165, 1.54) is 0 Å². The van der Waals surface area contributed by atoms with Crippen LogP contribution < -0.4 is 0 Å². The molecule has 0 spiro atoms. The molecule has 1 rings (SSSR count). The number of aliphatic hydroxyl groups excluding tert-OH is 1. The number of thioether (sulfide) groups is 1. The fraction of sp³-hybridized carbons (Fsp3) is 0.500. The van der Waals surface area contributed by atoms with Crippen LogP contribution in [0.3, 0.4) is 0 Å².